The Morgan fingerprint density at radius 2 is 1.94 bits per heavy atom. The average Bonchev–Trinajstić information content (AvgIpc) is 2.43. The molecule has 1 N–H and O–H groups in total. The second-order valence-corrected chi connectivity index (χ2v) is 4.70. The zero-order valence-corrected chi connectivity index (χ0v) is 12.1. The van der Waals surface area contributed by atoms with E-state index in [1.165, 1.54) is 12.0 Å². The topological polar surface area (TPSA) is 30.5 Å². The predicted molar refractivity (Wildman–Crippen MR) is 75.4 cm³/mol. The van der Waals surface area contributed by atoms with Crippen LogP contribution in [0.5, 0.6) is 11.5 Å². The van der Waals surface area contributed by atoms with Crippen LogP contribution in [-0.2, 0) is 0 Å². The summed E-state index contributed by atoms with van der Waals surface area (Å²) in [6.07, 6.45) is 2.30. The van der Waals surface area contributed by atoms with E-state index < -0.39 is 0 Å². The van der Waals surface area contributed by atoms with Crippen molar-refractivity contribution in [3.63, 3.8) is 0 Å². The number of benzene rings is 1. The minimum atomic E-state index is 0.320. The van der Waals surface area contributed by atoms with Crippen molar-refractivity contribution in [3.8, 4) is 11.5 Å². The number of nitrogens with one attached hydrogen (secondary N) is 1. The van der Waals surface area contributed by atoms with Crippen LogP contribution in [0, 0.1) is 5.92 Å². The van der Waals surface area contributed by atoms with Crippen LogP contribution in [0.1, 0.15) is 38.3 Å². The molecule has 102 valence electrons. The van der Waals surface area contributed by atoms with Crippen molar-refractivity contribution >= 4 is 0 Å². The minimum absolute atomic E-state index is 0.320. The van der Waals surface area contributed by atoms with Gasteiger partial charge in [0.05, 0.1) is 14.2 Å². The van der Waals surface area contributed by atoms with E-state index in [0.29, 0.717) is 12.0 Å². The summed E-state index contributed by atoms with van der Waals surface area (Å²) in [5.41, 5.74) is 1.20. The van der Waals surface area contributed by atoms with Gasteiger partial charge in [-0.15, -0.1) is 0 Å². The first-order chi connectivity index (χ1) is 8.65. The summed E-state index contributed by atoms with van der Waals surface area (Å²) >= 11 is 0. The molecular formula is C15H25NO2. The van der Waals surface area contributed by atoms with Crippen molar-refractivity contribution in [1.82, 2.24) is 5.32 Å². The van der Waals surface area contributed by atoms with Gasteiger partial charge in [0, 0.05) is 17.7 Å². The molecule has 1 aromatic carbocycles. The molecule has 3 nitrogen and oxygen atoms in total. The van der Waals surface area contributed by atoms with Crippen LogP contribution in [-0.4, -0.2) is 21.3 Å². The van der Waals surface area contributed by atoms with Gasteiger partial charge in [-0.25, -0.2) is 0 Å². The Kier molecular flexibility index (Phi) is 5.99. The molecule has 1 rings (SSSR count). The lowest BCUT2D eigenvalue weighted by atomic mass is 9.93. The molecule has 0 aliphatic heterocycles. The lowest BCUT2D eigenvalue weighted by Crippen LogP contribution is -2.19. The van der Waals surface area contributed by atoms with Crippen LogP contribution in [0.2, 0.25) is 0 Å². The summed E-state index contributed by atoms with van der Waals surface area (Å²) < 4.78 is 10.7. The molecule has 2 unspecified atom stereocenters. The second-order valence-electron chi connectivity index (χ2n) is 4.70. The molecule has 1 aromatic rings. The molecule has 0 aliphatic rings. The van der Waals surface area contributed by atoms with E-state index >= 15 is 0 Å². The molecule has 0 saturated carbocycles. The average molecular weight is 251 g/mol. The summed E-state index contributed by atoms with van der Waals surface area (Å²) in [4.78, 5) is 0. The molecule has 0 heterocycles. The van der Waals surface area contributed by atoms with Gasteiger partial charge in [0.15, 0.2) is 0 Å². The van der Waals surface area contributed by atoms with Crippen LogP contribution in [0.4, 0.5) is 0 Å². The Labute approximate surface area is 110 Å². The normalized spacial score (nSPS) is 14.1. The van der Waals surface area contributed by atoms with Gasteiger partial charge in [-0.3, -0.25) is 0 Å². The van der Waals surface area contributed by atoms with Crippen molar-refractivity contribution in [1.29, 1.82) is 0 Å². The number of hydrogen-bond acceptors (Lipinski definition) is 3. The van der Waals surface area contributed by atoms with E-state index in [1.54, 1.807) is 14.2 Å². The number of rotatable bonds is 7. The van der Waals surface area contributed by atoms with Crippen molar-refractivity contribution in [3.05, 3.63) is 23.8 Å². The summed E-state index contributed by atoms with van der Waals surface area (Å²) in [5.74, 6) is 2.40. The monoisotopic (exact) mass is 251 g/mol. The highest BCUT2D eigenvalue weighted by molar-refractivity contribution is 5.42. The van der Waals surface area contributed by atoms with E-state index in [9.17, 15) is 0 Å². The van der Waals surface area contributed by atoms with Crippen LogP contribution in [0.25, 0.3) is 0 Å². The van der Waals surface area contributed by atoms with Crippen molar-refractivity contribution in [2.45, 2.75) is 32.7 Å². The van der Waals surface area contributed by atoms with Gasteiger partial charge in [-0.2, -0.15) is 0 Å². The molecule has 0 aromatic heterocycles. The number of ether oxygens (including phenoxy) is 2. The van der Waals surface area contributed by atoms with Crippen LogP contribution in [0.3, 0.4) is 0 Å². The minimum Gasteiger partial charge on any atom is -0.497 e. The zero-order valence-electron chi connectivity index (χ0n) is 12.1. The fourth-order valence-corrected chi connectivity index (χ4v) is 2.08. The SMILES string of the molecule is CCC(C)CC(NC)c1ccc(OC)cc1OC. The van der Waals surface area contributed by atoms with E-state index in [4.69, 9.17) is 9.47 Å². The molecule has 0 amide bonds. The maximum atomic E-state index is 5.47. The maximum absolute atomic E-state index is 5.47. The Hall–Kier alpha value is -1.22. The fraction of sp³-hybridized carbons (Fsp3) is 0.600. The Bertz CT molecular complexity index is 366. The first kappa shape index (κ1) is 14.8. The van der Waals surface area contributed by atoms with E-state index in [-0.39, 0.29) is 0 Å². The first-order valence-corrected chi connectivity index (χ1v) is 6.55. The van der Waals surface area contributed by atoms with Gasteiger partial charge in [0.2, 0.25) is 0 Å². The standard InChI is InChI=1S/C15H25NO2/c1-6-11(2)9-14(16-3)13-8-7-12(17-4)10-15(13)18-5/h7-8,10-11,14,16H,6,9H2,1-5H3. The molecule has 0 saturated heterocycles. The smallest absolute Gasteiger partial charge is 0.127 e. The molecule has 18 heavy (non-hydrogen) atoms. The molecule has 0 aliphatic carbocycles. The summed E-state index contributed by atoms with van der Waals surface area (Å²) in [6.45, 7) is 4.50. The van der Waals surface area contributed by atoms with Gasteiger partial charge in [0.25, 0.3) is 0 Å². The molecule has 0 radical (unpaired) electrons. The summed E-state index contributed by atoms with van der Waals surface area (Å²) in [5, 5.41) is 3.37. The third-order valence-electron chi connectivity index (χ3n) is 3.50. The molecule has 0 fully saturated rings. The first-order valence-electron chi connectivity index (χ1n) is 6.55. The quantitative estimate of drug-likeness (QED) is 0.805. The molecule has 3 heteroatoms. The van der Waals surface area contributed by atoms with Crippen molar-refractivity contribution in [2.75, 3.05) is 21.3 Å². The van der Waals surface area contributed by atoms with Crippen LogP contribution >= 0.6 is 0 Å². The molecule has 2 atom stereocenters. The zero-order chi connectivity index (χ0) is 13.5. The Morgan fingerprint density at radius 1 is 1.22 bits per heavy atom. The van der Waals surface area contributed by atoms with Gasteiger partial charge in [-0.05, 0) is 25.5 Å². The van der Waals surface area contributed by atoms with E-state index in [2.05, 4.69) is 25.2 Å². The highest BCUT2D eigenvalue weighted by atomic mass is 16.5. The third kappa shape index (κ3) is 3.64. The Morgan fingerprint density at radius 3 is 2.44 bits per heavy atom. The molecule has 0 bridgehead atoms. The molecular weight excluding hydrogens is 226 g/mol. The van der Waals surface area contributed by atoms with Gasteiger partial charge in [-0.1, -0.05) is 26.3 Å². The van der Waals surface area contributed by atoms with Gasteiger partial charge < -0.3 is 14.8 Å². The fourth-order valence-electron chi connectivity index (χ4n) is 2.08. The summed E-state index contributed by atoms with van der Waals surface area (Å²) in [6, 6.07) is 6.33. The molecule has 0 spiro atoms. The number of hydrogen-bond donors (Lipinski definition) is 1. The van der Waals surface area contributed by atoms with E-state index in [0.717, 1.165) is 17.9 Å². The lowest BCUT2D eigenvalue weighted by molar-refractivity contribution is 0.372. The van der Waals surface area contributed by atoms with Crippen molar-refractivity contribution in [2.24, 2.45) is 5.92 Å². The van der Waals surface area contributed by atoms with Crippen LogP contribution < -0.4 is 14.8 Å². The highest BCUT2D eigenvalue weighted by Crippen LogP contribution is 2.32. The third-order valence-corrected chi connectivity index (χ3v) is 3.50. The van der Waals surface area contributed by atoms with E-state index in [1.807, 2.05) is 19.2 Å². The van der Waals surface area contributed by atoms with Crippen LogP contribution in [0.15, 0.2) is 18.2 Å². The lowest BCUT2D eigenvalue weighted by Gasteiger charge is -2.22. The maximum Gasteiger partial charge on any atom is 0.127 e. The number of methoxy groups -OCH3 is 2. The second kappa shape index (κ2) is 7.27. The Balaban J connectivity index is 2.97. The van der Waals surface area contributed by atoms with Crippen molar-refractivity contribution < 1.29 is 9.47 Å². The van der Waals surface area contributed by atoms with Gasteiger partial charge >= 0.3 is 0 Å². The highest BCUT2D eigenvalue weighted by Gasteiger charge is 2.17. The largest absolute Gasteiger partial charge is 0.497 e. The van der Waals surface area contributed by atoms with Gasteiger partial charge in [0.1, 0.15) is 11.5 Å². The summed E-state index contributed by atoms with van der Waals surface area (Å²) in [7, 11) is 5.37. The predicted octanol–water partition coefficient (Wildman–Crippen LogP) is 3.40.